The Morgan fingerprint density at radius 3 is 2.34 bits per heavy atom. The minimum atomic E-state index is -0.779. The Morgan fingerprint density at radius 1 is 1.10 bits per heavy atom. The summed E-state index contributed by atoms with van der Waals surface area (Å²) < 4.78 is 0. The maximum atomic E-state index is 12.9. The third-order valence-electron chi connectivity index (χ3n) is 9.94. The number of fused-ring (bicyclic) bond motifs is 5. The average molecular weight is 400 g/mol. The lowest BCUT2D eigenvalue weighted by Crippen LogP contribution is -2.59. The number of carbonyl (C=O) groups is 2. The first-order chi connectivity index (χ1) is 13.4. The first-order valence-corrected chi connectivity index (χ1v) is 11.3. The zero-order valence-corrected chi connectivity index (χ0v) is 18.7. The highest BCUT2D eigenvalue weighted by atomic mass is 16.4. The SMILES string of the molecule is CC(C)(C)C1(C(N)=O)CC[C@H]2[C@@H]3CC=C4C=C(C(=O)O)CC[C@]4(C)[C@@H]3CC[C@@]21C. The fraction of sp³-hybridized carbons (Fsp3) is 0.760. The van der Waals surface area contributed by atoms with Crippen LogP contribution in [0.4, 0.5) is 0 Å². The van der Waals surface area contributed by atoms with Gasteiger partial charge in [0.25, 0.3) is 0 Å². The number of rotatable bonds is 2. The van der Waals surface area contributed by atoms with Crippen LogP contribution in [0.25, 0.3) is 0 Å². The molecule has 0 saturated heterocycles. The average Bonchev–Trinajstić information content (AvgIpc) is 2.94. The first kappa shape index (κ1) is 20.7. The van der Waals surface area contributed by atoms with Crippen molar-refractivity contribution in [3.05, 3.63) is 23.3 Å². The van der Waals surface area contributed by atoms with Gasteiger partial charge in [-0.3, -0.25) is 4.79 Å². The number of carboxylic acid groups (broad SMARTS) is 1. The number of aliphatic carboxylic acids is 1. The normalized spacial score (nSPS) is 44.1. The molecular formula is C25H37NO3. The van der Waals surface area contributed by atoms with E-state index in [0.29, 0.717) is 29.7 Å². The van der Waals surface area contributed by atoms with Crippen molar-refractivity contribution in [3.8, 4) is 0 Å². The fourth-order valence-corrected chi connectivity index (χ4v) is 8.54. The highest BCUT2D eigenvalue weighted by Gasteiger charge is 2.69. The molecule has 0 aliphatic heterocycles. The first-order valence-electron chi connectivity index (χ1n) is 11.3. The molecule has 160 valence electrons. The molecule has 1 unspecified atom stereocenters. The third kappa shape index (κ3) is 2.50. The largest absolute Gasteiger partial charge is 0.478 e. The Hall–Kier alpha value is -1.58. The van der Waals surface area contributed by atoms with Crippen LogP contribution in [0.15, 0.2) is 23.3 Å². The molecule has 1 amide bonds. The van der Waals surface area contributed by atoms with E-state index in [-0.39, 0.29) is 22.2 Å². The van der Waals surface area contributed by atoms with Crippen LogP contribution in [0.5, 0.6) is 0 Å². The van der Waals surface area contributed by atoms with Crippen molar-refractivity contribution in [1.29, 1.82) is 0 Å². The predicted molar refractivity (Wildman–Crippen MR) is 114 cm³/mol. The van der Waals surface area contributed by atoms with E-state index in [2.05, 4.69) is 40.7 Å². The zero-order chi connectivity index (χ0) is 21.4. The van der Waals surface area contributed by atoms with E-state index in [1.165, 1.54) is 5.57 Å². The van der Waals surface area contributed by atoms with Crippen molar-refractivity contribution >= 4 is 11.9 Å². The highest BCUT2D eigenvalue weighted by molar-refractivity contribution is 5.87. The Bertz CT molecular complexity index is 818. The molecule has 0 bridgehead atoms. The van der Waals surface area contributed by atoms with E-state index in [0.717, 1.165) is 38.5 Å². The van der Waals surface area contributed by atoms with Gasteiger partial charge >= 0.3 is 5.97 Å². The Morgan fingerprint density at radius 2 is 1.76 bits per heavy atom. The summed E-state index contributed by atoms with van der Waals surface area (Å²) in [5, 5.41) is 9.45. The van der Waals surface area contributed by atoms with Crippen LogP contribution in [0.2, 0.25) is 0 Å². The molecule has 2 saturated carbocycles. The van der Waals surface area contributed by atoms with E-state index < -0.39 is 11.4 Å². The Kier molecular flexibility index (Phi) is 4.43. The monoisotopic (exact) mass is 399 g/mol. The smallest absolute Gasteiger partial charge is 0.331 e. The van der Waals surface area contributed by atoms with Gasteiger partial charge in [0, 0.05) is 5.57 Å². The number of nitrogens with two attached hydrogens (primary N) is 1. The van der Waals surface area contributed by atoms with Gasteiger partial charge in [-0.25, -0.2) is 4.79 Å². The van der Waals surface area contributed by atoms with Crippen molar-refractivity contribution in [1.82, 2.24) is 0 Å². The summed E-state index contributed by atoms with van der Waals surface area (Å²) in [6.07, 6.45) is 11.0. The van der Waals surface area contributed by atoms with Gasteiger partial charge < -0.3 is 10.8 Å². The minimum Gasteiger partial charge on any atom is -0.478 e. The number of carboxylic acids is 1. The minimum absolute atomic E-state index is 0.0584. The van der Waals surface area contributed by atoms with Gasteiger partial charge in [0.1, 0.15) is 0 Å². The quantitative estimate of drug-likeness (QED) is 0.679. The van der Waals surface area contributed by atoms with Gasteiger partial charge in [0.2, 0.25) is 5.91 Å². The van der Waals surface area contributed by atoms with Gasteiger partial charge in [-0.15, -0.1) is 0 Å². The maximum Gasteiger partial charge on any atom is 0.331 e. The third-order valence-corrected chi connectivity index (χ3v) is 9.94. The summed E-state index contributed by atoms with van der Waals surface area (Å²) in [6, 6.07) is 0. The summed E-state index contributed by atoms with van der Waals surface area (Å²) in [6.45, 7) is 11.3. The van der Waals surface area contributed by atoms with Crippen molar-refractivity contribution in [2.24, 2.45) is 45.1 Å². The van der Waals surface area contributed by atoms with Gasteiger partial charge in [-0.2, -0.15) is 0 Å². The van der Waals surface area contributed by atoms with Crippen LogP contribution in [-0.2, 0) is 9.59 Å². The van der Waals surface area contributed by atoms with E-state index >= 15 is 0 Å². The van der Waals surface area contributed by atoms with Crippen LogP contribution < -0.4 is 5.73 Å². The molecule has 0 radical (unpaired) electrons. The summed E-state index contributed by atoms with van der Waals surface area (Å²) in [7, 11) is 0. The second kappa shape index (κ2) is 6.21. The van der Waals surface area contributed by atoms with E-state index in [9.17, 15) is 14.7 Å². The van der Waals surface area contributed by atoms with Crippen LogP contribution >= 0.6 is 0 Å². The lowest BCUT2D eigenvalue weighted by Gasteiger charge is -2.60. The molecule has 4 aliphatic rings. The van der Waals surface area contributed by atoms with Crippen molar-refractivity contribution in [2.75, 3.05) is 0 Å². The second-order valence-electron chi connectivity index (χ2n) is 11.7. The molecule has 0 spiro atoms. The molecule has 4 heteroatoms. The molecule has 4 aliphatic carbocycles. The molecule has 0 aromatic heterocycles. The zero-order valence-electron chi connectivity index (χ0n) is 18.7. The molecule has 4 nitrogen and oxygen atoms in total. The Labute approximate surface area is 175 Å². The molecule has 29 heavy (non-hydrogen) atoms. The van der Waals surface area contributed by atoms with Gasteiger partial charge in [0.05, 0.1) is 5.41 Å². The maximum absolute atomic E-state index is 12.9. The molecule has 0 heterocycles. The molecular weight excluding hydrogens is 362 g/mol. The molecule has 4 rings (SSSR count). The van der Waals surface area contributed by atoms with Crippen LogP contribution in [0.3, 0.4) is 0 Å². The highest BCUT2D eigenvalue weighted by Crippen LogP contribution is 2.72. The van der Waals surface area contributed by atoms with Crippen LogP contribution in [0.1, 0.15) is 79.6 Å². The molecule has 0 aromatic carbocycles. The van der Waals surface area contributed by atoms with E-state index in [1.54, 1.807) is 0 Å². The number of hydrogen-bond acceptors (Lipinski definition) is 2. The van der Waals surface area contributed by atoms with Gasteiger partial charge in [0.15, 0.2) is 0 Å². The van der Waals surface area contributed by atoms with Crippen molar-refractivity contribution in [2.45, 2.75) is 79.6 Å². The standard InChI is InChI=1S/C25H37NO3/c1-22(2,3)25(21(26)29)13-10-19-17-7-6-16-14-15(20(27)28)8-11-23(16,4)18(17)9-12-24(19,25)5/h6,14,17-19H,7-13H2,1-5H3,(H2,26,29)(H,27,28)/t17-,18-,19+,23+,24+,25?/m1/s1. The summed E-state index contributed by atoms with van der Waals surface area (Å²) >= 11 is 0. The lowest BCUT2D eigenvalue weighted by molar-refractivity contribution is -0.156. The number of allylic oxidation sites excluding steroid dienone is 3. The number of hydrogen-bond donors (Lipinski definition) is 2. The number of primary amides is 1. The Balaban J connectivity index is 1.74. The van der Waals surface area contributed by atoms with Crippen LogP contribution in [-0.4, -0.2) is 17.0 Å². The van der Waals surface area contributed by atoms with Crippen LogP contribution in [0, 0.1) is 39.4 Å². The predicted octanol–water partition coefficient (Wildman–Crippen LogP) is 5.09. The van der Waals surface area contributed by atoms with Crippen molar-refractivity contribution < 1.29 is 14.7 Å². The van der Waals surface area contributed by atoms with E-state index in [4.69, 9.17) is 5.73 Å². The van der Waals surface area contributed by atoms with Gasteiger partial charge in [-0.05, 0) is 90.6 Å². The fourth-order valence-electron chi connectivity index (χ4n) is 8.54. The molecule has 0 aromatic rings. The summed E-state index contributed by atoms with van der Waals surface area (Å²) in [5.41, 5.74) is 7.32. The second-order valence-corrected chi connectivity index (χ2v) is 11.7. The molecule has 2 fully saturated rings. The van der Waals surface area contributed by atoms with E-state index in [1.807, 2.05) is 6.08 Å². The topological polar surface area (TPSA) is 80.4 Å². The lowest BCUT2D eigenvalue weighted by atomic mass is 9.43. The molecule has 6 atom stereocenters. The molecule has 3 N–H and O–H groups in total. The number of carbonyl (C=O) groups excluding carboxylic acids is 1. The van der Waals surface area contributed by atoms with Crippen molar-refractivity contribution in [3.63, 3.8) is 0 Å². The summed E-state index contributed by atoms with van der Waals surface area (Å²) in [5.74, 6) is 0.742. The summed E-state index contributed by atoms with van der Waals surface area (Å²) in [4.78, 5) is 24.4. The number of amides is 1. The van der Waals surface area contributed by atoms with Gasteiger partial charge in [-0.1, -0.05) is 40.7 Å².